The summed E-state index contributed by atoms with van der Waals surface area (Å²) in [7, 11) is 0. The molecule has 0 aromatic heterocycles. The highest BCUT2D eigenvalue weighted by molar-refractivity contribution is 5.69. The Balaban J connectivity index is 2.94. The maximum atomic E-state index is 12.8. The summed E-state index contributed by atoms with van der Waals surface area (Å²) in [6.45, 7) is 0.940. The molecule has 1 N–H and O–H groups in total. The molecule has 0 heterocycles. The first-order chi connectivity index (χ1) is 6.11. The molecule has 0 aliphatic rings. The first-order valence-electron chi connectivity index (χ1n) is 3.70. The number of rotatable bonds is 2. The maximum Gasteiger partial charge on any atom is 0.308 e. The van der Waals surface area contributed by atoms with Gasteiger partial charge in [-0.3, -0.25) is 4.79 Å². The molecule has 0 aliphatic carbocycles. The van der Waals surface area contributed by atoms with Gasteiger partial charge in [0.15, 0.2) is 0 Å². The normalized spacial score (nSPS) is 9.77. The fourth-order valence-electron chi connectivity index (χ4n) is 0.937. The van der Waals surface area contributed by atoms with Crippen LogP contribution in [0.4, 0.5) is 4.39 Å². The van der Waals surface area contributed by atoms with Gasteiger partial charge in [0.25, 0.3) is 0 Å². The standard InChI is InChI=1S/C9H9FO3/c1-6(12)13-9-3-7(5-11)2-8(10)4-9/h2-4,11H,5H2,1H3. The van der Waals surface area contributed by atoms with Crippen molar-refractivity contribution >= 4 is 5.97 Å². The van der Waals surface area contributed by atoms with Gasteiger partial charge in [0.05, 0.1) is 6.61 Å². The van der Waals surface area contributed by atoms with Crippen LogP contribution in [0.5, 0.6) is 5.75 Å². The number of carbonyl (C=O) groups is 1. The van der Waals surface area contributed by atoms with E-state index in [-0.39, 0.29) is 12.4 Å². The molecule has 0 spiro atoms. The number of halogens is 1. The average molecular weight is 184 g/mol. The summed E-state index contributed by atoms with van der Waals surface area (Å²) in [6, 6.07) is 3.66. The Kier molecular flexibility index (Phi) is 2.97. The van der Waals surface area contributed by atoms with E-state index in [2.05, 4.69) is 4.74 Å². The van der Waals surface area contributed by atoms with Crippen molar-refractivity contribution in [3.63, 3.8) is 0 Å². The zero-order chi connectivity index (χ0) is 9.84. The summed E-state index contributed by atoms with van der Waals surface area (Å²) < 4.78 is 17.4. The van der Waals surface area contributed by atoms with E-state index in [0.717, 1.165) is 6.07 Å². The molecule has 0 unspecified atom stereocenters. The van der Waals surface area contributed by atoms with Crippen LogP contribution in [0.3, 0.4) is 0 Å². The Morgan fingerprint density at radius 1 is 1.54 bits per heavy atom. The third-order valence-electron chi connectivity index (χ3n) is 1.38. The van der Waals surface area contributed by atoms with Gasteiger partial charge in [-0.05, 0) is 17.7 Å². The van der Waals surface area contributed by atoms with Crippen molar-refractivity contribution in [2.75, 3.05) is 0 Å². The van der Waals surface area contributed by atoms with Crippen LogP contribution in [0, 0.1) is 5.82 Å². The molecule has 0 bridgehead atoms. The number of esters is 1. The van der Waals surface area contributed by atoms with Crippen molar-refractivity contribution in [2.24, 2.45) is 0 Å². The van der Waals surface area contributed by atoms with Crippen LogP contribution in [-0.4, -0.2) is 11.1 Å². The molecule has 1 aromatic rings. The number of benzene rings is 1. The summed E-state index contributed by atoms with van der Waals surface area (Å²) in [6.07, 6.45) is 0. The highest BCUT2D eigenvalue weighted by atomic mass is 19.1. The Hall–Kier alpha value is -1.42. The minimum atomic E-state index is -0.539. The van der Waals surface area contributed by atoms with Gasteiger partial charge in [0.2, 0.25) is 0 Å². The molecule has 3 nitrogen and oxygen atoms in total. The number of aliphatic hydroxyl groups excluding tert-OH is 1. The molecule has 0 fully saturated rings. The number of hydrogen-bond acceptors (Lipinski definition) is 3. The largest absolute Gasteiger partial charge is 0.427 e. The molecule has 0 saturated heterocycles. The lowest BCUT2D eigenvalue weighted by Gasteiger charge is -2.03. The molecule has 0 saturated carbocycles. The predicted octanol–water partition coefficient (Wildman–Crippen LogP) is 1.24. The Morgan fingerprint density at radius 3 is 2.77 bits per heavy atom. The Morgan fingerprint density at radius 2 is 2.23 bits per heavy atom. The van der Waals surface area contributed by atoms with Gasteiger partial charge in [-0.2, -0.15) is 0 Å². The molecule has 0 aliphatic heterocycles. The lowest BCUT2D eigenvalue weighted by atomic mass is 10.2. The molecule has 70 valence electrons. The molecule has 4 heteroatoms. The molecule has 0 atom stereocenters. The van der Waals surface area contributed by atoms with Crippen molar-refractivity contribution in [2.45, 2.75) is 13.5 Å². The lowest BCUT2D eigenvalue weighted by molar-refractivity contribution is -0.131. The zero-order valence-electron chi connectivity index (χ0n) is 7.08. The van der Waals surface area contributed by atoms with Crippen molar-refractivity contribution in [3.05, 3.63) is 29.6 Å². The van der Waals surface area contributed by atoms with Crippen LogP contribution in [0.25, 0.3) is 0 Å². The van der Waals surface area contributed by atoms with Crippen molar-refractivity contribution < 1.29 is 19.0 Å². The van der Waals surface area contributed by atoms with E-state index < -0.39 is 11.8 Å². The van der Waals surface area contributed by atoms with E-state index >= 15 is 0 Å². The summed E-state index contributed by atoms with van der Waals surface area (Å²) in [5, 5.41) is 8.71. The van der Waals surface area contributed by atoms with Gasteiger partial charge in [-0.25, -0.2) is 4.39 Å². The summed E-state index contributed by atoms with van der Waals surface area (Å²) in [5.74, 6) is -0.950. The smallest absolute Gasteiger partial charge is 0.308 e. The number of hydrogen-bond donors (Lipinski definition) is 1. The predicted molar refractivity (Wildman–Crippen MR) is 43.6 cm³/mol. The second-order valence-electron chi connectivity index (χ2n) is 2.55. The van der Waals surface area contributed by atoms with Crippen molar-refractivity contribution in [1.29, 1.82) is 0 Å². The van der Waals surface area contributed by atoms with Gasteiger partial charge < -0.3 is 9.84 Å². The number of carbonyl (C=O) groups excluding carboxylic acids is 1. The molecule has 0 radical (unpaired) electrons. The maximum absolute atomic E-state index is 12.8. The van der Waals surface area contributed by atoms with Crippen molar-refractivity contribution in [3.8, 4) is 5.75 Å². The average Bonchev–Trinajstić information content (AvgIpc) is 2.01. The minimum Gasteiger partial charge on any atom is -0.427 e. The van der Waals surface area contributed by atoms with Gasteiger partial charge in [-0.1, -0.05) is 0 Å². The highest BCUT2D eigenvalue weighted by Gasteiger charge is 2.02. The van der Waals surface area contributed by atoms with E-state index in [1.165, 1.54) is 19.1 Å². The topological polar surface area (TPSA) is 46.5 Å². The van der Waals surface area contributed by atoms with Gasteiger partial charge in [0.1, 0.15) is 11.6 Å². The van der Waals surface area contributed by atoms with Gasteiger partial charge >= 0.3 is 5.97 Å². The fourth-order valence-corrected chi connectivity index (χ4v) is 0.937. The van der Waals surface area contributed by atoms with E-state index in [1.54, 1.807) is 0 Å². The Labute approximate surface area is 74.8 Å². The summed E-state index contributed by atoms with van der Waals surface area (Å²) in [4.78, 5) is 10.5. The van der Waals surface area contributed by atoms with E-state index in [1.807, 2.05) is 0 Å². The first-order valence-corrected chi connectivity index (χ1v) is 3.70. The fraction of sp³-hybridized carbons (Fsp3) is 0.222. The molecule has 1 rings (SSSR count). The lowest BCUT2D eigenvalue weighted by Crippen LogP contribution is -2.02. The summed E-state index contributed by atoms with van der Waals surface area (Å²) in [5.41, 5.74) is 0.372. The van der Waals surface area contributed by atoms with Gasteiger partial charge in [0, 0.05) is 13.0 Å². The van der Waals surface area contributed by atoms with Gasteiger partial charge in [-0.15, -0.1) is 0 Å². The van der Waals surface area contributed by atoms with E-state index in [0.29, 0.717) is 5.56 Å². The molecular formula is C9H9FO3. The third kappa shape index (κ3) is 2.83. The zero-order valence-corrected chi connectivity index (χ0v) is 7.08. The molecular weight excluding hydrogens is 175 g/mol. The first kappa shape index (κ1) is 9.67. The quantitative estimate of drug-likeness (QED) is 0.555. The molecule has 13 heavy (non-hydrogen) atoms. The van der Waals surface area contributed by atoms with Crippen LogP contribution in [0.2, 0.25) is 0 Å². The second kappa shape index (κ2) is 4.00. The number of aliphatic hydroxyl groups is 1. The van der Waals surface area contributed by atoms with Crippen LogP contribution < -0.4 is 4.74 Å². The highest BCUT2D eigenvalue weighted by Crippen LogP contribution is 2.16. The molecule has 0 amide bonds. The van der Waals surface area contributed by atoms with Crippen LogP contribution in [0.15, 0.2) is 18.2 Å². The van der Waals surface area contributed by atoms with Crippen LogP contribution in [-0.2, 0) is 11.4 Å². The Bertz CT molecular complexity index is 323. The van der Waals surface area contributed by atoms with Crippen molar-refractivity contribution in [1.82, 2.24) is 0 Å². The monoisotopic (exact) mass is 184 g/mol. The second-order valence-corrected chi connectivity index (χ2v) is 2.55. The van der Waals surface area contributed by atoms with Crippen LogP contribution in [0.1, 0.15) is 12.5 Å². The van der Waals surface area contributed by atoms with E-state index in [4.69, 9.17) is 5.11 Å². The van der Waals surface area contributed by atoms with Crippen LogP contribution >= 0.6 is 0 Å². The molecule has 1 aromatic carbocycles. The third-order valence-corrected chi connectivity index (χ3v) is 1.38. The SMILES string of the molecule is CC(=O)Oc1cc(F)cc(CO)c1. The minimum absolute atomic E-state index is 0.108. The number of ether oxygens (including phenoxy) is 1. The summed E-state index contributed by atoms with van der Waals surface area (Å²) >= 11 is 0. The van der Waals surface area contributed by atoms with E-state index in [9.17, 15) is 9.18 Å².